The number of nitrogens with zero attached hydrogens (tertiary/aromatic N) is 1. The molecule has 112 valence electrons. The summed E-state index contributed by atoms with van der Waals surface area (Å²) in [5, 5.41) is 3.60. The van der Waals surface area contributed by atoms with Gasteiger partial charge in [-0.2, -0.15) is 0 Å². The minimum absolute atomic E-state index is 0.441. The average Bonchev–Trinajstić information content (AvgIpc) is 2.54. The monoisotopic (exact) mass is 284 g/mol. The highest BCUT2D eigenvalue weighted by Gasteiger charge is 2.09. The van der Waals surface area contributed by atoms with Crippen LogP contribution in [-0.2, 0) is 6.42 Å². The number of para-hydroxylation sites is 1. The molecule has 0 amide bonds. The van der Waals surface area contributed by atoms with Gasteiger partial charge in [-0.1, -0.05) is 25.1 Å². The third-order valence-corrected chi connectivity index (χ3v) is 3.39. The second-order valence-corrected chi connectivity index (χ2v) is 5.16. The zero-order valence-electron chi connectivity index (χ0n) is 12.7. The maximum atomic E-state index is 5.80. The van der Waals surface area contributed by atoms with Gasteiger partial charge < -0.3 is 10.1 Å². The molecule has 0 bridgehead atoms. The summed E-state index contributed by atoms with van der Waals surface area (Å²) in [5.41, 5.74) is 1.32. The molecule has 0 aliphatic carbocycles. The Balaban J connectivity index is 1.81. The fourth-order valence-electron chi connectivity index (χ4n) is 2.26. The van der Waals surface area contributed by atoms with Crippen molar-refractivity contribution in [2.45, 2.75) is 32.2 Å². The van der Waals surface area contributed by atoms with Crippen molar-refractivity contribution in [2.75, 3.05) is 13.2 Å². The summed E-state index contributed by atoms with van der Waals surface area (Å²) < 4.78 is 5.80. The van der Waals surface area contributed by atoms with Crippen LogP contribution in [0.4, 0.5) is 0 Å². The lowest BCUT2D eigenvalue weighted by Gasteiger charge is -2.19. The van der Waals surface area contributed by atoms with E-state index in [9.17, 15) is 0 Å². The van der Waals surface area contributed by atoms with Crippen molar-refractivity contribution >= 4 is 0 Å². The summed E-state index contributed by atoms with van der Waals surface area (Å²) in [6.45, 7) is 3.97. The third kappa shape index (κ3) is 5.96. The number of hydrogen-bond donors (Lipinski definition) is 1. The van der Waals surface area contributed by atoms with Gasteiger partial charge in [-0.15, -0.1) is 0 Å². The smallest absolute Gasteiger partial charge is 0.119 e. The van der Waals surface area contributed by atoms with Crippen molar-refractivity contribution in [1.82, 2.24) is 10.3 Å². The first-order chi connectivity index (χ1) is 10.4. The van der Waals surface area contributed by atoms with Crippen molar-refractivity contribution in [2.24, 2.45) is 0 Å². The Hall–Kier alpha value is -1.87. The molecule has 0 saturated heterocycles. The molecule has 3 nitrogen and oxygen atoms in total. The van der Waals surface area contributed by atoms with Crippen LogP contribution >= 0.6 is 0 Å². The van der Waals surface area contributed by atoms with Crippen molar-refractivity contribution in [3.8, 4) is 5.75 Å². The topological polar surface area (TPSA) is 34.1 Å². The molecule has 1 unspecified atom stereocenters. The Labute approximate surface area is 127 Å². The van der Waals surface area contributed by atoms with E-state index in [0.29, 0.717) is 6.04 Å². The molecule has 1 aromatic heterocycles. The van der Waals surface area contributed by atoms with E-state index in [1.54, 1.807) is 0 Å². The van der Waals surface area contributed by atoms with Gasteiger partial charge in [-0.05, 0) is 55.6 Å². The zero-order chi connectivity index (χ0) is 14.8. The van der Waals surface area contributed by atoms with Gasteiger partial charge in [0, 0.05) is 18.4 Å². The lowest BCUT2D eigenvalue weighted by Crippen LogP contribution is -2.33. The number of benzene rings is 1. The number of hydrogen-bond acceptors (Lipinski definition) is 3. The van der Waals surface area contributed by atoms with Gasteiger partial charge in [0.15, 0.2) is 0 Å². The van der Waals surface area contributed by atoms with E-state index in [1.807, 2.05) is 42.7 Å². The minimum Gasteiger partial charge on any atom is -0.494 e. The fraction of sp³-hybridized carbons (Fsp3) is 0.389. The minimum atomic E-state index is 0.441. The van der Waals surface area contributed by atoms with Crippen LogP contribution in [0.1, 0.15) is 25.3 Å². The highest BCUT2D eigenvalue weighted by molar-refractivity contribution is 5.20. The summed E-state index contributed by atoms with van der Waals surface area (Å²) in [5.74, 6) is 0.940. The van der Waals surface area contributed by atoms with E-state index in [0.717, 1.165) is 38.2 Å². The van der Waals surface area contributed by atoms with Crippen molar-refractivity contribution in [3.63, 3.8) is 0 Å². The average molecular weight is 284 g/mol. The van der Waals surface area contributed by atoms with Gasteiger partial charge in [0.1, 0.15) is 5.75 Å². The Bertz CT molecular complexity index is 487. The molecule has 1 heterocycles. The third-order valence-electron chi connectivity index (χ3n) is 3.39. The number of nitrogens with one attached hydrogen (secondary N) is 1. The molecule has 0 aliphatic heterocycles. The van der Waals surface area contributed by atoms with E-state index < -0.39 is 0 Å². The molecule has 21 heavy (non-hydrogen) atoms. The van der Waals surface area contributed by atoms with E-state index in [2.05, 4.69) is 29.4 Å². The summed E-state index contributed by atoms with van der Waals surface area (Å²) >= 11 is 0. The summed E-state index contributed by atoms with van der Waals surface area (Å²) in [4.78, 5) is 4.07. The number of aromatic nitrogens is 1. The highest BCUT2D eigenvalue weighted by atomic mass is 16.5. The van der Waals surface area contributed by atoms with Crippen molar-refractivity contribution < 1.29 is 4.74 Å². The summed E-state index contributed by atoms with van der Waals surface area (Å²) in [6, 6.07) is 14.6. The largest absolute Gasteiger partial charge is 0.494 e. The van der Waals surface area contributed by atoms with Crippen LogP contribution in [0, 0.1) is 0 Å². The molecule has 0 spiro atoms. The van der Waals surface area contributed by atoms with Crippen LogP contribution in [0.2, 0.25) is 0 Å². The fourth-order valence-corrected chi connectivity index (χ4v) is 2.26. The Morgan fingerprint density at radius 3 is 2.57 bits per heavy atom. The van der Waals surface area contributed by atoms with Gasteiger partial charge in [-0.25, -0.2) is 0 Å². The van der Waals surface area contributed by atoms with Crippen LogP contribution in [0.5, 0.6) is 5.75 Å². The molecule has 1 atom stereocenters. The Kier molecular flexibility index (Phi) is 6.75. The number of ether oxygens (including phenoxy) is 1. The van der Waals surface area contributed by atoms with Crippen LogP contribution in [0.25, 0.3) is 0 Å². The number of rotatable bonds is 9. The van der Waals surface area contributed by atoms with Crippen LogP contribution in [0.15, 0.2) is 54.9 Å². The Morgan fingerprint density at radius 1 is 1.10 bits per heavy atom. The van der Waals surface area contributed by atoms with Gasteiger partial charge in [0.2, 0.25) is 0 Å². The van der Waals surface area contributed by atoms with Gasteiger partial charge in [0.25, 0.3) is 0 Å². The van der Waals surface area contributed by atoms with Crippen LogP contribution < -0.4 is 10.1 Å². The molecule has 2 aromatic rings. The molecule has 0 saturated carbocycles. The second kappa shape index (κ2) is 9.14. The first-order valence-corrected chi connectivity index (χ1v) is 7.68. The maximum Gasteiger partial charge on any atom is 0.119 e. The summed E-state index contributed by atoms with van der Waals surface area (Å²) in [6.07, 6.45) is 6.86. The molecule has 3 heteroatoms. The van der Waals surface area contributed by atoms with Gasteiger partial charge in [-0.3, -0.25) is 4.98 Å². The lowest BCUT2D eigenvalue weighted by molar-refractivity contribution is 0.284. The SMILES string of the molecule is CCCNC(CCOc1ccccc1)Cc1ccncc1. The first-order valence-electron chi connectivity index (χ1n) is 7.68. The molecule has 1 aromatic carbocycles. The predicted molar refractivity (Wildman–Crippen MR) is 86.6 cm³/mol. The van der Waals surface area contributed by atoms with Crippen LogP contribution in [-0.4, -0.2) is 24.2 Å². The van der Waals surface area contributed by atoms with Crippen molar-refractivity contribution in [3.05, 3.63) is 60.4 Å². The van der Waals surface area contributed by atoms with E-state index >= 15 is 0 Å². The molecule has 2 rings (SSSR count). The normalized spacial score (nSPS) is 12.0. The molecule has 1 N–H and O–H groups in total. The van der Waals surface area contributed by atoms with Crippen molar-refractivity contribution in [1.29, 1.82) is 0 Å². The Morgan fingerprint density at radius 2 is 1.86 bits per heavy atom. The number of pyridine rings is 1. The standard InChI is InChI=1S/C18H24N2O/c1-2-11-20-17(15-16-8-12-19-13-9-16)10-14-21-18-6-4-3-5-7-18/h3-9,12-13,17,20H,2,10-11,14-15H2,1H3. The summed E-state index contributed by atoms with van der Waals surface area (Å²) in [7, 11) is 0. The van der Waals surface area contributed by atoms with E-state index in [4.69, 9.17) is 4.74 Å². The molecular formula is C18H24N2O. The second-order valence-electron chi connectivity index (χ2n) is 5.16. The van der Waals surface area contributed by atoms with Gasteiger partial charge >= 0.3 is 0 Å². The van der Waals surface area contributed by atoms with E-state index in [-0.39, 0.29) is 0 Å². The zero-order valence-corrected chi connectivity index (χ0v) is 12.7. The molecule has 0 aliphatic rings. The van der Waals surface area contributed by atoms with E-state index in [1.165, 1.54) is 5.56 Å². The first kappa shape index (κ1) is 15.5. The predicted octanol–water partition coefficient (Wildman–Crippen LogP) is 3.46. The molecule has 0 fully saturated rings. The quantitative estimate of drug-likeness (QED) is 0.765. The van der Waals surface area contributed by atoms with Gasteiger partial charge in [0.05, 0.1) is 6.61 Å². The van der Waals surface area contributed by atoms with Crippen LogP contribution in [0.3, 0.4) is 0 Å². The molecular weight excluding hydrogens is 260 g/mol. The highest BCUT2D eigenvalue weighted by Crippen LogP contribution is 2.10. The molecule has 0 radical (unpaired) electrons. The maximum absolute atomic E-state index is 5.80. The lowest BCUT2D eigenvalue weighted by atomic mass is 10.0.